The predicted octanol–water partition coefficient (Wildman–Crippen LogP) is 5.77. The Morgan fingerprint density at radius 1 is 0.875 bits per heavy atom. The molecule has 0 atom stereocenters. The second kappa shape index (κ2) is 9.83. The van der Waals surface area contributed by atoms with Crippen molar-refractivity contribution in [1.29, 1.82) is 0 Å². The van der Waals surface area contributed by atoms with Gasteiger partial charge in [-0.3, -0.25) is 0 Å². The molecule has 0 spiro atoms. The van der Waals surface area contributed by atoms with E-state index in [1.54, 1.807) is 14.0 Å². The number of carbonyl (C=O) groups excluding carboxylic acids is 1. The predicted molar refractivity (Wildman–Crippen MR) is 121 cm³/mol. The van der Waals surface area contributed by atoms with Gasteiger partial charge in [0.15, 0.2) is 5.76 Å². The average Bonchev–Trinajstić information content (AvgIpc) is 3.30. The van der Waals surface area contributed by atoms with Crippen molar-refractivity contribution in [3.05, 3.63) is 90.3 Å². The molecule has 0 amide bonds. The molecule has 6 nitrogen and oxygen atoms in total. The Morgan fingerprint density at radius 2 is 1.53 bits per heavy atom. The van der Waals surface area contributed by atoms with Gasteiger partial charge in [0.1, 0.15) is 23.8 Å². The molecule has 0 radical (unpaired) electrons. The lowest BCUT2D eigenvalue weighted by atomic mass is 10.1. The number of oxazole rings is 1. The van der Waals surface area contributed by atoms with Gasteiger partial charge in [-0.05, 0) is 61.0 Å². The first-order valence-corrected chi connectivity index (χ1v) is 10.3. The first-order valence-electron chi connectivity index (χ1n) is 10.3. The van der Waals surface area contributed by atoms with Crippen molar-refractivity contribution in [2.45, 2.75) is 13.5 Å². The van der Waals surface area contributed by atoms with E-state index < -0.39 is 5.97 Å². The summed E-state index contributed by atoms with van der Waals surface area (Å²) in [4.78, 5) is 16.7. The first kappa shape index (κ1) is 21.2. The number of hydrogen-bond acceptors (Lipinski definition) is 6. The Balaban J connectivity index is 1.62. The van der Waals surface area contributed by atoms with Crippen LogP contribution in [0.3, 0.4) is 0 Å². The molecule has 1 heterocycles. The Hall–Kier alpha value is -4.06. The maximum absolute atomic E-state index is 12.2. The Labute approximate surface area is 186 Å². The summed E-state index contributed by atoms with van der Waals surface area (Å²) >= 11 is 0. The van der Waals surface area contributed by atoms with Gasteiger partial charge in [-0.1, -0.05) is 30.3 Å². The van der Waals surface area contributed by atoms with E-state index in [9.17, 15) is 4.79 Å². The smallest absolute Gasteiger partial charge is 0.394 e. The van der Waals surface area contributed by atoms with Gasteiger partial charge >= 0.3 is 11.9 Å². The minimum Gasteiger partial charge on any atom is -0.497 e. The molecule has 6 heteroatoms. The topological polar surface area (TPSA) is 70.8 Å². The van der Waals surface area contributed by atoms with Crippen LogP contribution in [0.5, 0.6) is 11.5 Å². The quantitative estimate of drug-likeness (QED) is 0.331. The van der Waals surface area contributed by atoms with Crippen LogP contribution in [0.2, 0.25) is 0 Å². The normalized spacial score (nSPS) is 10.6. The summed E-state index contributed by atoms with van der Waals surface area (Å²) in [7, 11) is 1.61. The number of ether oxygens (including phenoxy) is 3. The van der Waals surface area contributed by atoms with E-state index in [0.29, 0.717) is 18.1 Å². The number of aromatic nitrogens is 1. The van der Waals surface area contributed by atoms with E-state index >= 15 is 0 Å². The van der Waals surface area contributed by atoms with Crippen LogP contribution >= 0.6 is 0 Å². The van der Waals surface area contributed by atoms with E-state index in [0.717, 1.165) is 28.2 Å². The number of hydrogen-bond donors (Lipinski definition) is 0. The van der Waals surface area contributed by atoms with Gasteiger partial charge in [0, 0.05) is 11.1 Å². The maximum Gasteiger partial charge on any atom is 0.394 e. The molecule has 0 unspecified atom stereocenters. The lowest BCUT2D eigenvalue weighted by Gasteiger charge is -2.07. The number of carbonyl (C=O) groups is 1. The van der Waals surface area contributed by atoms with Crippen LogP contribution in [0.15, 0.2) is 83.3 Å². The summed E-state index contributed by atoms with van der Waals surface area (Å²) in [6, 6.07) is 24.8. The van der Waals surface area contributed by atoms with Crippen molar-refractivity contribution in [3.63, 3.8) is 0 Å². The maximum atomic E-state index is 12.2. The summed E-state index contributed by atoms with van der Waals surface area (Å²) < 4.78 is 22.0. The van der Waals surface area contributed by atoms with Crippen molar-refractivity contribution >= 4 is 5.97 Å². The van der Waals surface area contributed by atoms with Crippen molar-refractivity contribution < 1.29 is 23.4 Å². The number of esters is 1. The number of rotatable bonds is 8. The number of benzene rings is 3. The molecule has 0 fully saturated rings. The van der Waals surface area contributed by atoms with Crippen LogP contribution in [-0.2, 0) is 11.3 Å². The van der Waals surface area contributed by atoms with Gasteiger partial charge in [-0.2, -0.15) is 0 Å². The fourth-order valence-electron chi connectivity index (χ4n) is 3.18. The highest BCUT2D eigenvalue weighted by atomic mass is 16.5. The zero-order valence-electron chi connectivity index (χ0n) is 17.9. The number of methoxy groups -OCH3 is 1. The zero-order chi connectivity index (χ0) is 22.3. The van der Waals surface area contributed by atoms with Gasteiger partial charge in [0.05, 0.1) is 13.7 Å². The van der Waals surface area contributed by atoms with Crippen LogP contribution in [0.25, 0.3) is 22.6 Å². The highest BCUT2D eigenvalue weighted by Gasteiger charge is 2.22. The summed E-state index contributed by atoms with van der Waals surface area (Å²) in [6.45, 7) is 2.45. The molecule has 162 valence electrons. The molecule has 0 saturated carbocycles. The van der Waals surface area contributed by atoms with Crippen molar-refractivity contribution in [3.8, 4) is 34.1 Å². The second-order valence-electron chi connectivity index (χ2n) is 6.94. The molecule has 0 bridgehead atoms. The van der Waals surface area contributed by atoms with Gasteiger partial charge in [-0.15, -0.1) is 0 Å². The third-order valence-electron chi connectivity index (χ3n) is 4.81. The number of nitrogens with zero attached hydrogens (tertiary/aromatic N) is 1. The summed E-state index contributed by atoms with van der Waals surface area (Å²) in [6.07, 6.45) is 0. The Kier molecular flexibility index (Phi) is 6.51. The Morgan fingerprint density at radius 3 is 2.19 bits per heavy atom. The minimum absolute atomic E-state index is 0.0860. The molecule has 32 heavy (non-hydrogen) atoms. The third-order valence-corrected chi connectivity index (χ3v) is 4.81. The molecule has 4 aromatic rings. The van der Waals surface area contributed by atoms with E-state index in [2.05, 4.69) is 4.98 Å². The lowest BCUT2D eigenvalue weighted by molar-refractivity contribution is 0.0482. The second-order valence-corrected chi connectivity index (χ2v) is 6.94. The summed E-state index contributed by atoms with van der Waals surface area (Å²) in [5, 5.41) is 0. The lowest BCUT2D eigenvalue weighted by Crippen LogP contribution is -2.04. The van der Waals surface area contributed by atoms with E-state index in [4.69, 9.17) is 18.6 Å². The fourth-order valence-corrected chi connectivity index (χ4v) is 3.18. The molecular formula is C26H23NO5. The molecule has 0 N–H and O–H groups in total. The van der Waals surface area contributed by atoms with E-state index in [1.165, 1.54) is 0 Å². The highest BCUT2D eigenvalue weighted by molar-refractivity contribution is 5.88. The molecule has 0 aliphatic heterocycles. The van der Waals surface area contributed by atoms with Crippen molar-refractivity contribution in [2.24, 2.45) is 0 Å². The van der Waals surface area contributed by atoms with E-state index in [-0.39, 0.29) is 12.5 Å². The summed E-state index contributed by atoms with van der Waals surface area (Å²) in [5.41, 5.74) is 3.21. The molecule has 3 aromatic carbocycles. The van der Waals surface area contributed by atoms with Crippen LogP contribution < -0.4 is 9.47 Å². The summed E-state index contributed by atoms with van der Waals surface area (Å²) in [5.74, 6) is 1.25. The van der Waals surface area contributed by atoms with Crippen LogP contribution in [0.1, 0.15) is 23.2 Å². The van der Waals surface area contributed by atoms with E-state index in [1.807, 2.05) is 78.9 Å². The van der Waals surface area contributed by atoms with Gasteiger partial charge in [0.25, 0.3) is 0 Å². The van der Waals surface area contributed by atoms with Crippen LogP contribution in [0, 0.1) is 0 Å². The first-order chi connectivity index (χ1) is 15.7. The van der Waals surface area contributed by atoms with Gasteiger partial charge in [-0.25, -0.2) is 9.78 Å². The zero-order valence-corrected chi connectivity index (χ0v) is 17.9. The van der Waals surface area contributed by atoms with Crippen LogP contribution in [0.4, 0.5) is 0 Å². The van der Waals surface area contributed by atoms with Crippen molar-refractivity contribution in [1.82, 2.24) is 4.98 Å². The third kappa shape index (κ3) is 4.81. The minimum atomic E-state index is -0.601. The average molecular weight is 429 g/mol. The monoisotopic (exact) mass is 429 g/mol. The van der Waals surface area contributed by atoms with Crippen LogP contribution in [-0.4, -0.2) is 24.7 Å². The molecular weight excluding hydrogens is 406 g/mol. The standard InChI is InChI=1S/C26H23NO5/c1-3-30-26(28)25-27-23(24(32-25)20-11-13-21(29-2)14-12-20)19-9-15-22(16-10-19)31-17-18-7-5-4-6-8-18/h4-16H,3,17H2,1-2H3. The molecule has 1 aromatic heterocycles. The molecule has 4 rings (SSSR count). The SMILES string of the molecule is CCOC(=O)c1nc(-c2ccc(OCc3ccccc3)cc2)c(-c2ccc(OC)cc2)o1. The largest absolute Gasteiger partial charge is 0.497 e. The van der Waals surface area contributed by atoms with Gasteiger partial charge in [0.2, 0.25) is 0 Å². The molecule has 0 aliphatic rings. The molecule has 0 aliphatic carbocycles. The Bertz CT molecular complexity index is 1170. The fraction of sp³-hybridized carbons (Fsp3) is 0.154. The highest BCUT2D eigenvalue weighted by Crippen LogP contribution is 2.34. The molecule has 0 saturated heterocycles. The van der Waals surface area contributed by atoms with Crippen molar-refractivity contribution in [2.75, 3.05) is 13.7 Å². The van der Waals surface area contributed by atoms with Gasteiger partial charge < -0.3 is 18.6 Å².